The Morgan fingerprint density at radius 1 is 0.741 bits per heavy atom. The number of para-hydroxylation sites is 1. The number of nitrogens with zero attached hydrogens (tertiary/aromatic N) is 2. The topological polar surface area (TPSA) is 72.8 Å². The second-order valence-corrected chi connectivity index (χ2v) is 15.8. The highest BCUT2D eigenvalue weighted by Gasteiger charge is 2.38. The number of aromatic nitrogens is 1. The van der Waals surface area contributed by atoms with Crippen LogP contribution in [0.3, 0.4) is 0 Å². The molecule has 0 aliphatic carbocycles. The Bertz CT molecular complexity index is 2230. The molecule has 1 aliphatic rings. The number of amides is 2. The minimum absolute atomic E-state index is 0.0156. The lowest BCUT2D eigenvalue weighted by molar-refractivity contribution is -0.300. The van der Waals surface area contributed by atoms with E-state index in [2.05, 4.69) is 23.7 Å². The average molecular weight is 778 g/mol. The number of ether oxygens (including phenoxy) is 2. The van der Waals surface area contributed by atoms with E-state index in [4.69, 9.17) is 9.47 Å². The van der Waals surface area contributed by atoms with Crippen LogP contribution in [0.15, 0.2) is 146 Å². The van der Waals surface area contributed by atoms with E-state index < -0.39 is 5.79 Å². The number of hydrogen-bond acceptors (Lipinski definition) is 4. The van der Waals surface area contributed by atoms with Crippen LogP contribution in [-0.2, 0) is 33.9 Å². The zero-order valence-electron chi connectivity index (χ0n) is 33.7. The number of rotatable bonds is 14. The molecule has 0 radical (unpaired) electrons. The largest absolute Gasteiger partial charge is 0.347 e. The zero-order chi connectivity index (χ0) is 40.6. The average Bonchev–Trinajstić information content (AvgIpc) is 3.57. The molecular weight excluding hydrogens is 726 g/mol. The molecule has 7 nitrogen and oxygen atoms in total. The van der Waals surface area contributed by atoms with Crippen LogP contribution in [0.1, 0.15) is 80.1 Å². The lowest BCUT2D eigenvalue weighted by Crippen LogP contribution is -2.46. The van der Waals surface area contributed by atoms with E-state index >= 15 is 0 Å². The smallest absolute Gasteiger partial charge is 0.258 e. The maximum absolute atomic E-state index is 14.5. The summed E-state index contributed by atoms with van der Waals surface area (Å²) >= 11 is 0. The summed E-state index contributed by atoms with van der Waals surface area (Å²) in [7, 11) is 0. The van der Waals surface area contributed by atoms with Gasteiger partial charge in [-0.05, 0) is 84.8 Å². The first-order chi connectivity index (χ1) is 28.0. The highest BCUT2D eigenvalue weighted by atomic mass is 19.1. The lowest BCUT2D eigenvalue weighted by Gasteiger charge is -2.41. The van der Waals surface area contributed by atoms with Gasteiger partial charge < -0.3 is 24.3 Å². The quantitative estimate of drug-likeness (QED) is 0.120. The van der Waals surface area contributed by atoms with Crippen molar-refractivity contribution in [2.75, 3.05) is 5.32 Å². The molecule has 1 aliphatic heterocycles. The van der Waals surface area contributed by atoms with Crippen molar-refractivity contribution in [1.29, 1.82) is 0 Å². The molecule has 58 heavy (non-hydrogen) atoms. The normalized spacial score (nSPS) is 16.2. The van der Waals surface area contributed by atoms with Crippen molar-refractivity contribution in [3.63, 3.8) is 0 Å². The molecule has 1 fully saturated rings. The monoisotopic (exact) mass is 777 g/mol. The van der Waals surface area contributed by atoms with Gasteiger partial charge in [-0.15, -0.1) is 0 Å². The maximum Gasteiger partial charge on any atom is 0.258 e. The molecule has 8 heteroatoms. The van der Waals surface area contributed by atoms with Gasteiger partial charge in [-0.2, -0.15) is 0 Å². The van der Waals surface area contributed by atoms with Crippen molar-refractivity contribution in [1.82, 2.24) is 9.47 Å². The molecule has 6 aromatic rings. The predicted molar refractivity (Wildman–Crippen MR) is 229 cm³/mol. The van der Waals surface area contributed by atoms with E-state index in [1.54, 1.807) is 12.1 Å². The van der Waals surface area contributed by atoms with Gasteiger partial charge in [-0.1, -0.05) is 123 Å². The van der Waals surface area contributed by atoms with Gasteiger partial charge in [0.2, 0.25) is 5.91 Å². The summed E-state index contributed by atoms with van der Waals surface area (Å²) in [5, 5.41) is 3.16. The second kappa shape index (κ2) is 18.2. The van der Waals surface area contributed by atoms with E-state index in [1.807, 2.05) is 140 Å². The first-order valence-corrected chi connectivity index (χ1v) is 20.2. The summed E-state index contributed by atoms with van der Waals surface area (Å²) in [6, 6.07) is 46.0. The Morgan fingerprint density at radius 3 is 1.84 bits per heavy atom. The van der Waals surface area contributed by atoms with Crippen LogP contribution in [0.5, 0.6) is 0 Å². The molecule has 2 atom stereocenters. The second-order valence-electron chi connectivity index (χ2n) is 15.8. The van der Waals surface area contributed by atoms with E-state index in [-0.39, 0.29) is 42.2 Å². The number of benzene rings is 5. The molecule has 5 aromatic carbocycles. The fourth-order valence-corrected chi connectivity index (χ4v) is 8.17. The summed E-state index contributed by atoms with van der Waals surface area (Å²) in [6.45, 7) is 9.50. The number of carbonyl (C=O) groups is 2. The number of carbonyl (C=O) groups excluding carboxylic acids is 2. The Kier molecular flexibility index (Phi) is 12.7. The van der Waals surface area contributed by atoms with Gasteiger partial charge in [-0.3, -0.25) is 9.59 Å². The molecule has 7 rings (SSSR count). The third-order valence-corrected chi connectivity index (χ3v) is 10.6. The third kappa shape index (κ3) is 9.81. The minimum atomic E-state index is -0.926. The predicted octanol–water partition coefficient (Wildman–Crippen LogP) is 11.3. The number of halogens is 1. The fourth-order valence-electron chi connectivity index (χ4n) is 8.17. The van der Waals surface area contributed by atoms with E-state index in [0.717, 1.165) is 39.2 Å². The van der Waals surface area contributed by atoms with Gasteiger partial charge in [-0.25, -0.2) is 4.39 Å². The first kappa shape index (κ1) is 40.4. The highest BCUT2D eigenvalue weighted by molar-refractivity contribution is 6.12. The highest BCUT2D eigenvalue weighted by Crippen LogP contribution is 2.43. The van der Waals surface area contributed by atoms with Crippen molar-refractivity contribution in [3.8, 4) is 22.4 Å². The van der Waals surface area contributed by atoms with E-state index in [0.29, 0.717) is 43.7 Å². The van der Waals surface area contributed by atoms with Crippen molar-refractivity contribution >= 4 is 17.5 Å². The van der Waals surface area contributed by atoms with Gasteiger partial charge in [0.15, 0.2) is 5.79 Å². The molecule has 0 spiro atoms. The number of hydrogen-bond donors (Lipinski definition) is 1. The Balaban J connectivity index is 1.21. The standard InChI is InChI=1S/C50H52FN3O4/c1-35(2)47-46(49(56)52-41-23-15-8-16-24-41)45(38-21-13-7-14-22-38)48(39-25-27-40(51)28-26-39)54(47)30-29-42-31-43(58-50(3,4)57-42)32-44(55)53(33-36-17-9-5-10-18-36)34-37-19-11-6-12-20-37/h5-28,35,42-43H,29-34H2,1-4H3,(H,52,56)/t42-,43-/m1/s1. The molecule has 1 N–H and O–H groups in total. The van der Waals surface area contributed by atoms with Crippen LogP contribution in [0.2, 0.25) is 0 Å². The van der Waals surface area contributed by atoms with Crippen LogP contribution in [-0.4, -0.2) is 39.3 Å². The lowest BCUT2D eigenvalue weighted by atomic mass is 9.94. The summed E-state index contributed by atoms with van der Waals surface area (Å²) < 4.78 is 29.7. The number of anilines is 1. The van der Waals surface area contributed by atoms with Crippen molar-refractivity contribution < 1.29 is 23.5 Å². The Labute approximate surface area is 341 Å². The molecule has 2 amide bonds. The van der Waals surface area contributed by atoms with Crippen LogP contribution in [0.25, 0.3) is 22.4 Å². The molecule has 298 valence electrons. The molecule has 0 saturated carbocycles. The first-order valence-electron chi connectivity index (χ1n) is 20.2. The molecule has 0 unspecified atom stereocenters. The Morgan fingerprint density at radius 2 is 1.28 bits per heavy atom. The van der Waals surface area contributed by atoms with Gasteiger partial charge in [0.1, 0.15) is 5.82 Å². The van der Waals surface area contributed by atoms with Gasteiger partial charge >= 0.3 is 0 Å². The summed E-state index contributed by atoms with van der Waals surface area (Å²) in [4.78, 5) is 30.6. The number of nitrogens with one attached hydrogen (secondary N) is 1. The molecule has 2 heterocycles. The van der Waals surface area contributed by atoms with Gasteiger partial charge in [0.25, 0.3) is 5.91 Å². The van der Waals surface area contributed by atoms with E-state index in [1.165, 1.54) is 12.1 Å². The summed E-state index contributed by atoms with van der Waals surface area (Å²) in [5.41, 5.74) is 7.60. The fraction of sp³-hybridized carbons (Fsp3) is 0.280. The minimum Gasteiger partial charge on any atom is -0.347 e. The van der Waals surface area contributed by atoms with E-state index in [9.17, 15) is 14.0 Å². The van der Waals surface area contributed by atoms with Crippen LogP contribution in [0, 0.1) is 5.82 Å². The summed E-state index contributed by atoms with van der Waals surface area (Å²) in [6.07, 6.45) is 0.714. The van der Waals surface area contributed by atoms with Crippen LogP contribution in [0.4, 0.5) is 10.1 Å². The van der Waals surface area contributed by atoms with Gasteiger partial charge in [0, 0.05) is 43.0 Å². The van der Waals surface area contributed by atoms with Crippen LogP contribution < -0.4 is 5.32 Å². The Hall–Kier alpha value is -5.83. The molecule has 0 bridgehead atoms. The van der Waals surface area contributed by atoms with Crippen molar-refractivity contribution in [2.24, 2.45) is 0 Å². The van der Waals surface area contributed by atoms with Crippen molar-refractivity contribution in [3.05, 3.63) is 174 Å². The summed E-state index contributed by atoms with van der Waals surface area (Å²) in [5.74, 6) is -1.51. The van der Waals surface area contributed by atoms with Crippen molar-refractivity contribution in [2.45, 2.75) is 90.5 Å². The molecule has 1 saturated heterocycles. The third-order valence-electron chi connectivity index (χ3n) is 10.6. The molecule has 1 aromatic heterocycles. The SMILES string of the molecule is CC(C)c1c(C(=O)Nc2ccccc2)c(-c2ccccc2)c(-c2ccc(F)cc2)n1CC[C@@H]1C[C@H](CC(=O)N(Cc2ccccc2)Cc2ccccc2)OC(C)(C)O1. The molecular formula is C50H52FN3O4. The maximum atomic E-state index is 14.5. The van der Waals surface area contributed by atoms with Gasteiger partial charge in [0.05, 0.1) is 29.9 Å². The zero-order valence-corrected chi connectivity index (χ0v) is 33.7. The van der Waals surface area contributed by atoms with Crippen LogP contribution >= 0.6 is 0 Å².